The third-order valence-corrected chi connectivity index (χ3v) is 5.36. The van der Waals surface area contributed by atoms with Crippen LogP contribution in [-0.2, 0) is 17.5 Å². The van der Waals surface area contributed by atoms with Crippen LogP contribution in [0.25, 0.3) is 0 Å². The lowest BCUT2D eigenvalue weighted by Gasteiger charge is -2.39. The van der Waals surface area contributed by atoms with Crippen LogP contribution in [0, 0.1) is 6.92 Å². The third kappa shape index (κ3) is 5.73. The third-order valence-electron chi connectivity index (χ3n) is 5.36. The predicted octanol–water partition coefficient (Wildman–Crippen LogP) is 4.57. The summed E-state index contributed by atoms with van der Waals surface area (Å²) in [6.07, 6.45) is -2.88. The molecule has 1 fully saturated rings. The number of aliphatic carboxylic acids is 1. The van der Waals surface area contributed by atoms with E-state index < -0.39 is 17.7 Å². The van der Waals surface area contributed by atoms with Crippen molar-refractivity contribution < 1.29 is 23.1 Å². The number of carbonyl (C=O) groups is 1. The van der Waals surface area contributed by atoms with Gasteiger partial charge in [0, 0.05) is 31.4 Å². The van der Waals surface area contributed by atoms with Crippen LogP contribution >= 0.6 is 0 Å². The molecular weight excluding hydrogens is 381 g/mol. The van der Waals surface area contributed by atoms with E-state index in [0.29, 0.717) is 5.56 Å². The summed E-state index contributed by atoms with van der Waals surface area (Å²) in [7, 11) is 0. The number of hydrogen-bond donors (Lipinski definition) is 1. The number of anilines is 1. The van der Waals surface area contributed by atoms with Gasteiger partial charge in [0.15, 0.2) is 0 Å². The SMILES string of the molecule is Cc1ccc(N2CCC(N(CC(=O)O)Cc3cccc(C(F)(F)F)c3)CC2)cc1. The van der Waals surface area contributed by atoms with E-state index in [-0.39, 0.29) is 19.1 Å². The highest BCUT2D eigenvalue weighted by atomic mass is 19.4. The number of benzene rings is 2. The van der Waals surface area contributed by atoms with Crippen molar-refractivity contribution in [2.24, 2.45) is 0 Å². The Kier molecular flexibility index (Phi) is 6.47. The average Bonchev–Trinajstić information content (AvgIpc) is 2.67. The number of carboxylic acid groups (broad SMARTS) is 1. The van der Waals surface area contributed by atoms with E-state index in [9.17, 15) is 23.1 Å². The predicted molar refractivity (Wildman–Crippen MR) is 106 cm³/mol. The van der Waals surface area contributed by atoms with Gasteiger partial charge in [-0.3, -0.25) is 9.69 Å². The summed E-state index contributed by atoms with van der Waals surface area (Å²) in [4.78, 5) is 15.4. The lowest BCUT2D eigenvalue weighted by Crippen LogP contribution is -2.46. The number of halogens is 3. The Morgan fingerprint density at radius 1 is 1.14 bits per heavy atom. The molecule has 0 aromatic heterocycles. The number of hydrogen-bond acceptors (Lipinski definition) is 3. The van der Waals surface area contributed by atoms with Crippen molar-refractivity contribution in [3.63, 3.8) is 0 Å². The van der Waals surface area contributed by atoms with Crippen LogP contribution in [0.15, 0.2) is 48.5 Å². The van der Waals surface area contributed by atoms with Crippen LogP contribution in [0.1, 0.15) is 29.5 Å². The van der Waals surface area contributed by atoms with E-state index in [1.807, 2.05) is 6.92 Å². The van der Waals surface area contributed by atoms with Gasteiger partial charge in [0.1, 0.15) is 0 Å². The quantitative estimate of drug-likeness (QED) is 0.763. The highest BCUT2D eigenvalue weighted by molar-refractivity contribution is 5.69. The highest BCUT2D eigenvalue weighted by Gasteiger charge is 2.31. The van der Waals surface area contributed by atoms with E-state index in [0.717, 1.165) is 43.8 Å². The van der Waals surface area contributed by atoms with Gasteiger partial charge in [-0.25, -0.2) is 0 Å². The topological polar surface area (TPSA) is 43.8 Å². The molecular formula is C22H25F3N2O2. The van der Waals surface area contributed by atoms with Crippen LogP contribution in [0.5, 0.6) is 0 Å². The molecule has 2 aromatic carbocycles. The van der Waals surface area contributed by atoms with Gasteiger partial charge in [-0.2, -0.15) is 13.2 Å². The van der Waals surface area contributed by atoms with Gasteiger partial charge in [-0.05, 0) is 43.5 Å². The molecule has 2 aromatic rings. The zero-order valence-electron chi connectivity index (χ0n) is 16.3. The molecule has 0 bridgehead atoms. The van der Waals surface area contributed by atoms with Gasteiger partial charge in [0.05, 0.1) is 12.1 Å². The summed E-state index contributed by atoms with van der Waals surface area (Å²) >= 11 is 0. The Morgan fingerprint density at radius 2 is 1.79 bits per heavy atom. The number of alkyl halides is 3. The van der Waals surface area contributed by atoms with E-state index in [1.165, 1.54) is 11.6 Å². The number of aryl methyl sites for hydroxylation is 1. The summed E-state index contributed by atoms with van der Waals surface area (Å²) in [5, 5.41) is 9.30. The van der Waals surface area contributed by atoms with Gasteiger partial charge in [0.2, 0.25) is 0 Å². The second kappa shape index (κ2) is 8.86. The maximum Gasteiger partial charge on any atom is 0.416 e. The molecule has 0 aliphatic carbocycles. The molecule has 156 valence electrons. The molecule has 0 radical (unpaired) electrons. The van der Waals surface area contributed by atoms with Crippen LogP contribution in [0.2, 0.25) is 0 Å². The van der Waals surface area contributed by atoms with E-state index in [1.54, 1.807) is 11.0 Å². The largest absolute Gasteiger partial charge is 0.480 e. The minimum atomic E-state index is -4.41. The van der Waals surface area contributed by atoms with Crippen molar-refractivity contribution in [3.8, 4) is 0 Å². The lowest BCUT2D eigenvalue weighted by molar-refractivity contribution is -0.140. The fourth-order valence-electron chi connectivity index (χ4n) is 3.81. The second-order valence-corrected chi connectivity index (χ2v) is 7.55. The highest BCUT2D eigenvalue weighted by Crippen LogP contribution is 2.30. The van der Waals surface area contributed by atoms with E-state index >= 15 is 0 Å². The van der Waals surface area contributed by atoms with Crippen LogP contribution in [-0.4, -0.2) is 41.7 Å². The van der Waals surface area contributed by atoms with Crippen LogP contribution in [0.4, 0.5) is 18.9 Å². The number of rotatable bonds is 6. The fourth-order valence-corrected chi connectivity index (χ4v) is 3.81. The summed E-state index contributed by atoms with van der Waals surface area (Å²) in [6.45, 7) is 3.60. The molecule has 0 amide bonds. The minimum Gasteiger partial charge on any atom is -0.480 e. The first-order valence-corrected chi connectivity index (χ1v) is 9.66. The summed E-state index contributed by atoms with van der Waals surface area (Å²) in [6, 6.07) is 13.4. The van der Waals surface area contributed by atoms with Gasteiger partial charge in [0.25, 0.3) is 0 Å². The summed E-state index contributed by atoms with van der Waals surface area (Å²) < 4.78 is 39.0. The first-order chi connectivity index (χ1) is 13.7. The number of piperidine rings is 1. The molecule has 3 rings (SSSR count). The molecule has 1 aliphatic rings. The maximum atomic E-state index is 13.0. The molecule has 29 heavy (non-hydrogen) atoms. The number of nitrogens with zero attached hydrogens (tertiary/aromatic N) is 2. The first-order valence-electron chi connectivity index (χ1n) is 9.66. The second-order valence-electron chi connectivity index (χ2n) is 7.55. The molecule has 1 N–H and O–H groups in total. The van der Waals surface area contributed by atoms with Crippen molar-refractivity contribution in [2.75, 3.05) is 24.5 Å². The Morgan fingerprint density at radius 3 is 2.38 bits per heavy atom. The smallest absolute Gasteiger partial charge is 0.416 e. The molecule has 0 saturated carbocycles. The van der Waals surface area contributed by atoms with Crippen molar-refractivity contribution in [2.45, 2.75) is 38.5 Å². The van der Waals surface area contributed by atoms with Crippen LogP contribution in [0.3, 0.4) is 0 Å². The van der Waals surface area contributed by atoms with E-state index in [4.69, 9.17) is 0 Å². The molecule has 0 unspecified atom stereocenters. The maximum absolute atomic E-state index is 13.0. The van der Waals surface area contributed by atoms with Crippen LogP contribution < -0.4 is 4.90 Å². The summed E-state index contributed by atoms with van der Waals surface area (Å²) in [5.74, 6) is -0.974. The van der Waals surface area contributed by atoms with Gasteiger partial charge >= 0.3 is 12.1 Å². The average molecular weight is 406 g/mol. The van der Waals surface area contributed by atoms with Gasteiger partial charge < -0.3 is 10.0 Å². The Hall–Kier alpha value is -2.54. The van der Waals surface area contributed by atoms with Crippen molar-refractivity contribution >= 4 is 11.7 Å². The molecule has 1 saturated heterocycles. The molecule has 4 nitrogen and oxygen atoms in total. The Balaban J connectivity index is 1.68. The molecule has 0 atom stereocenters. The van der Waals surface area contributed by atoms with Crippen molar-refractivity contribution in [1.29, 1.82) is 0 Å². The summed E-state index contributed by atoms with van der Waals surface area (Å²) in [5.41, 5.74) is 2.09. The normalized spacial score (nSPS) is 15.7. The van der Waals surface area contributed by atoms with Crippen molar-refractivity contribution in [3.05, 3.63) is 65.2 Å². The van der Waals surface area contributed by atoms with E-state index in [2.05, 4.69) is 29.2 Å². The Bertz CT molecular complexity index is 829. The minimum absolute atomic E-state index is 0.0161. The lowest BCUT2D eigenvalue weighted by atomic mass is 10.0. The molecule has 7 heteroatoms. The standard InChI is InChI=1S/C22H25F3N2O2/c1-16-5-7-19(8-6-16)26-11-9-20(10-12-26)27(15-21(28)29)14-17-3-2-4-18(13-17)22(23,24)25/h2-8,13,20H,9-12,14-15H2,1H3,(H,28,29). The number of carboxylic acids is 1. The fraction of sp³-hybridized carbons (Fsp3) is 0.409. The monoisotopic (exact) mass is 406 g/mol. The zero-order chi connectivity index (χ0) is 21.0. The molecule has 1 aliphatic heterocycles. The molecule has 0 spiro atoms. The van der Waals surface area contributed by atoms with Gasteiger partial charge in [-0.15, -0.1) is 0 Å². The first kappa shape index (κ1) is 21.2. The van der Waals surface area contributed by atoms with Gasteiger partial charge in [-0.1, -0.05) is 35.9 Å². The zero-order valence-corrected chi connectivity index (χ0v) is 16.3. The van der Waals surface area contributed by atoms with Crippen molar-refractivity contribution in [1.82, 2.24) is 4.90 Å². The Labute approximate surface area is 168 Å². The molecule has 1 heterocycles.